The first kappa shape index (κ1) is 23.4. The highest BCUT2D eigenvalue weighted by atomic mass is 32.2. The SMILES string of the molecule is CC(=O)N1c2ccc(S(=O)(=O)N3CCC(C(=O)Nc4ccc(C)c(C)c4)CC3)cc2CC1C. The average Bonchev–Trinajstić information content (AvgIpc) is 3.11. The largest absolute Gasteiger partial charge is 0.326 e. The fourth-order valence-corrected chi connectivity index (χ4v) is 6.34. The van der Waals surface area contributed by atoms with Crippen LogP contribution in [0.4, 0.5) is 11.4 Å². The summed E-state index contributed by atoms with van der Waals surface area (Å²) in [6, 6.07) is 10.9. The number of benzene rings is 2. The van der Waals surface area contributed by atoms with Gasteiger partial charge >= 0.3 is 0 Å². The summed E-state index contributed by atoms with van der Waals surface area (Å²) >= 11 is 0. The van der Waals surface area contributed by atoms with Crippen molar-refractivity contribution in [2.24, 2.45) is 5.92 Å². The fraction of sp³-hybridized carbons (Fsp3) is 0.440. The van der Waals surface area contributed by atoms with Crippen LogP contribution in [0, 0.1) is 19.8 Å². The van der Waals surface area contributed by atoms with E-state index in [-0.39, 0.29) is 28.7 Å². The molecule has 1 unspecified atom stereocenters. The van der Waals surface area contributed by atoms with E-state index in [0.717, 1.165) is 22.5 Å². The Labute approximate surface area is 195 Å². The lowest BCUT2D eigenvalue weighted by Gasteiger charge is -2.30. The van der Waals surface area contributed by atoms with Crippen LogP contribution in [0.3, 0.4) is 0 Å². The first-order valence-electron chi connectivity index (χ1n) is 11.4. The van der Waals surface area contributed by atoms with E-state index < -0.39 is 10.0 Å². The van der Waals surface area contributed by atoms with Crippen LogP contribution in [0.1, 0.15) is 43.4 Å². The number of fused-ring (bicyclic) bond motifs is 1. The minimum absolute atomic E-state index is 0.0158. The zero-order valence-electron chi connectivity index (χ0n) is 19.6. The van der Waals surface area contributed by atoms with Gasteiger partial charge in [0.2, 0.25) is 21.8 Å². The Balaban J connectivity index is 1.42. The smallest absolute Gasteiger partial charge is 0.243 e. The lowest BCUT2D eigenvalue weighted by molar-refractivity contribution is -0.121. The summed E-state index contributed by atoms with van der Waals surface area (Å²) in [6.45, 7) is 8.13. The fourth-order valence-electron chi connectivity index (χ4n) is 4.82. The Kier molecular flexibility index (Phi) is 6.33. The minimum Gasteiger partial charge on any atom is -0.326 e. The van der Waals surface area contributed by atoms with E-state index in [4.69, 9.17) is 0 Å². The first-order valence-corrected chi connectivity index (χ1v) is 12.8. The normalized spacial score (nSPS) is 19.4. The molecule has 4 rings (SSSR count). The molecule has 0 aromatic heterocycles. The van der Waals surface area contributed by atoms with Crippen molar-refractivity contribution in [1.82, 2.24) is 4.31 Å². The molecule has 0 spiro atoms. The van der Waals surface area contributed by atoms with Crippen molar-refractivity contribution in [3.8, 4) is 0 Å². The number of piperidine rings is 1. The maximum atomic E-state index is 13.3. The Morgan fingerprint density at radius 1 is 1.00 bits per heavy atom. The third-order valence-corrected chi connectivity index (χ3v) is 8.74. The number of nitrogens with one attached hydrogen (secondary N) is 1. The molecule has 2 aromatic rings. The highest BCUT2D eigenvalue weighted by Gasteiger charge is 2.34. The number of anilines is 2. The summed E-state index contributed by atoms with van der Waals surface area (Å²) in [5.41, 5.74) is 4.72. The molecule has 2 aliphatic heterocycles. The van der Waals surface area contributed by atoms with Gasteiger partial charge in [-0.1, -0.05) is 6.07 Å². The van der Waals surface area contributed by atoms with E-state index >= 15 is 0 Å². The number of nitrogens with zero attached hydrogens (tertiary/aromatic N) is 2. The van der Waals surface area contributed by atoms with Gasteiger partial charge in [-0.25, -0.2) is 8.42 Å². The molecule has 176 valence electrons. The van der Waals surface area contributed by atoms with E-state index in [0.29, 0.717) is 32.4 Å². The molecule has 2 aromatic carbocycles. The molecule has 0 saturated carbocycles. The average molecular weight is 470 g/mol. The molecule has 0 radical (unpaired) electrons. The van der Waals surface area contributed by atoms with E-state index in [1.54, 1.807) is 23.1 Å². The van der Waals surface area contributed by atoms with Crippen LogP contribution in [-0.4, -0.2) is 43.7 Å². The lowest BCUT2D eigenvalue weighted by Crippen LogP contribution is -2.41. The number of hydrogen-bond donors (Lipinski definition) is 1. The number of hydrogen-bond acceptors (Lipinski definition) is 4. The quantitative estimate of drug-likeness (QED) is 0.741. The Bertz CT molecular complexity index is 1200. The van der Waals surface area contributed by atoms with Crippen molar-refractivity contribution in [3.63, 3.8) is 0 Å². The highest BCUT2D eigenvalue weighted by Crippen LogP contribution is 2.35. The third-order valence-electron chi connectivity index (χ3n) is 6.84. The maximum Gasteiger partial charge on any atom is 0.243 e. The maximum absolute atomic E-state index is 13.3. The molecular formula is C25H31N3O4S. The minimum atomic E-state index is -3.66. The van der Waals surface area contributed by atoms with Gasteiger partial charge < -0.3 is 10.2 Å². The molecule has 1 atom stereocenters. The van der Waals surface area contributed by atoms with Gasteiger partial charge in [-0.05, 0) is 87.1 Å². The van der Waals surface area contributed by atoms with Crippen LogP contribution in [0.5, 0.6) is 0 Å². The van der Waals surface area contributed by atoms with E-state index in [1.165, 1.54) is 16.8 Å². The van der Waals surface area contributed by atoms with Crippen molar-refractivity contribution < 1.29 is 18.0 Å². The van der Waals surface area contributed by atoms with Crippen LogP contribution in [0.15, 0.2) is 41.3 Å². The van der Waals surface area contributed by atoms with Crippen molar-refractivity contribution in [1.29, 1.82) is 0 Å². The summed E-state index contributed by atoms with van der Waals surface area (Å²) in [5, 5.41) is 2.97. The molecule has 1 fully saturated rings. The van der Waals surface area contributed by atoms with Gasteiger partial charge in [0.1, 0.15) is 0 Å². The van der Waals surface area contributed by atoms with E-state index in [1.807, 2.05) is 39.0 Å². The molecule has 0 bridgehead atoms. The van der Waals surface area contributed by atoms with Crippen LogP contribution < -0.4 is 10.2 Å². The molecule has 2 aliphatic rings. The van der Waals surface area contributed by atoms with Gasteiger partial charge in [-0.15, -0.1) is 0 Å². The predicted octanol–water partition coefficient (Wildman–Crippen LogP) is 3.64. The summed E-state index contributed by atoms with van der Waals surface area (Å²) in [4.78, 5) is 26.6. The second kappa shape index (κ2) is 8.91. The van der Waals surface area contributed by atoms with Crippen LogP contribution in [0.25, 0.3) is 0 Å². The van der Waals surface area contributed by atoms with Gasteiger partial charge in [0.25, 0.3) is 0 Å². The standard InChI is InChI=1S/C25H31N3O4S/c1-16-5-6-22(13-17(16)2)26-25(30)20-9-11-27(12-10-20)33(31,32)23-7-8-24-21(15-23)14-18(3)28(24)19(4)29/h5-8,13,15,18,20H,9-12,14H2,1-4H3,(H,26,30). The molecule has 2 amide bonds. The monoisotopic (exact) mass is 469 g/mol. The zero-order chi connectivity index (χ0) is 23.9. The van der Waals surface area contributed by atoms with Crippen LogP contribution >= 0.6 is 0 Å². The van der Waals surface area contributed by atoms with Gasteiger partial charge in [-0.3, -0.25) is 9.59 Å². The molecular weight excluding hydrogens is 438 g/mol. The Hall–Kier alpha value is -2.71. The second-order valence-corrected chi connectivity index (χ2v) is 11.1. The van der Waals surface area contributed by atoms with Gasteiger partial charge in [0, 0.05) is 43.3 Å². The van der Waals surface area contributed by atoms with Gasteiger partial charge in [0.15, 0.2) is 0 Å². The summed E-state index contributed by atoms with van der Waals surface area (Å²) in [6.07, 6.45) is 1.60. The molecule has 1 N–H and O–H groups in total. The number of rotatable bonds is 4. The van der Waals surface area contributed by atoms with Crippen molar-refractivity contribution in [2.75, 3.05) is 23.3 Å². The van der Waals surface area contributed by atoms with Crippen LogP contribution in [0.2, 0.25) is 0 Å². The predicted molar refractivity (Wildman–Crippen MR) is 129 cm³/mol. The number of carbonyl (C=O) groups excluding carboxylic acids is 2. The molecule has 33 heavy (non-hydrogen) atoms. The van der Waals surface area contributed by atoms with E-state index in [2.05, 4.69) is 5.32 Å². The Morgan fingerprint density at radius 2 is 1.70 bits per heavy atom. The molecule has 7 nitrogen and oxygen atoms in total. The zero-order valence-corrected chi connectivity index (χ0v) is 20.4. The van der Waals surface area contributed by atoms with Crippen LogP contribution in [-0.2, 0) is 26.0 Å². The number of aryl methyl sites for hydroxylation is 2. The highest BCUT2D eigenvalue weighted by molar-refractivity contribution is 7.89. The van der Waals surface area contributed by atoms with Crippen molar-refractivity contribution in [3.05, 3.63) is 53.1 Å². The van der Waals surface area contributed by atoms with E-state index in [9.17, 15) is 18.0 Å². The molecule has 2 heterocycles. The van der Waals surface area contributed by atoms with Gasteiger partial charge in [-0.2, -0.15) is 4.31 Å². The second-order valence-electron chi connectivity index (χ2n) is 9.20. The Morgan fingerprint density at radius 3 is 2.33 bits per heavy atom. The third kappa shape index (κ3) is 4.54. The summed E-state index contributed by atoms with van der Waals surface area (Å²) < 4.78 is 28.0. The number of carbonyl (C=O) groups is 2. The van der Waals surface area contributed by atoms with Crippen molar-refractivity contribution >= 4 is 33.2 Å². The first-order chi connectivity index (χ1) is 15.6. The molecule has 8 heteroatoms. The van der Waals surface area contributed by atoms with Gasteiger partial charge in [0.05, 0.1) is 4.90 Å². The summed E-state index contributed by atoms with van der Waals surface area (Å²) in [5.74, 6) is -0.327. The number of amides is 2. The number of sulfonamides is 1. The summed E-state index contributed by atoms with van der Waals surface area (Å²) in [7, 11) is -3.66. The molecule has 0 aliphatic carbocycles. The van der Waals surface area contributed by atoms with Crippen molar-refractivity contribution in [2.45, 2.75) is 57.9 Å². The topological polar surface area (TPSA) is 86.8 Å². The molecule has 1 saturated heterocycles. The lowest BCUT2D eigenvalue weighted by atomic mass is 9.97.